The van der Waals surface area contributed by atoms with E-state index in [1.165, 1.54) is 17.5 Å². The van der Waals surface area contributed by atoms with Gasteiger partial charge in [0.1, 0.15) is 5.37 Å². The summed E-state index contributed by atoms with van der Waals surface area (Å²) in [7, 11) is 0. The second kappa shape index (κ2) is 7.81. The van der Waals surface area contributed by atoms with E-state index in [0.717, 1.165) is 19.4 Å². The predicted molar refractivity (Wildman–Crippen MR) is 102 cm³/mol. The van der Waals surface area contributed by atoms with Gasteiger partial charge in [-0.1, -0.05) is 36.2 Å². The number of benzene rings is 1. The van der Waals surface area contributed by atoms with Crippen LogP contribution < -0.4 is 0 Å². The van der Waals surface area contributed by atoms with E-state index in [2.05, 4.69) is 31.2 Å². The predicted octanol–water partition coefficient (Wildman–Crippen LogP) is 3.61. The van der Waals surface area contributed by atoms with Crippen molar-refractivity contribution in [2.45, 2.75) is 50.7 Å². The fraction of sp³-hybridized carbons (Fsp3) is 0.600. The molecule has 136 valence electrons. The monoisotopic (exact) mass is 360 g/mol. The van der Waals surface area contributed by atoms with Gasteiger partial charge >= 0.3 is 0 Å². The third-order valence-corrected chi connectivity index (χ3v) is 6.76. The number of thioether (sulfide) groups is 1. The summed E-state index contributed by atoms with van der Waals surface area (Å²) < 4.78 is 0. The van der Waals surface area contributed by atoms with Gasteiger partial charge in [0.15, 0.2) is 0 Å². The van der Waals surface area contributed by atoms with Gasteiger partial charge in [-0.2, -0.15) is 0 Å². The molecular weight excluding hydrogens is 332 g/mol. The molecular formula is C20H28N2O2S. The van der Waals surface area contributed by atoms with E-state index < -0.39 is 0 Å². The van der Waals surface area contributed by atoms with E-state index in [0.29, 0.717) is 13.1 Å². The molecule has 1 heterocycles. The lowest BCUT2D eigenvalue weighted by Crippen LogP contribution is -2.44. The molecule has 1 aromatic carbocycles. The van der Waals surface area contributed by atoms with Crippen LogP contribution in [0.15, 0.2) is 24.3 Å². The molecule has 0 bridgehead atoms. The van der Waals surface area contributed by atoms with E-state index in [-0.39, 0.29) is 28.4 Å². The number of rotatable bonds is 6. The van der Waals surface area contributed by atoms with E-state index in [4.69, 9.17) is 0 Å². The van der Waals surface area contributed by atoms with Crippen LogP contribution in [0.3, 0.4) is 0 Å². The summed E-state index contributed by atoms with van der Waals surface area (Å²) in [5, 5.41) is 0.0318. The van der Waals surface area contributed by atoms with Crippen molar-refractivity contribution in [3.63, 3.8) is 0 Å². The fourth-order valence-electron chi connectivity index (χ4n) is 3.46. The Bertz CT molecular complexity index is 627. The van der Waals surface area contributed by atoms with E-state index >= 15 is 0 Å². The van der Waals surface area contributed by atoms with Gasteiger partial charge < -0.3 is 9.80 Å². The first-order valence-corrected chi connectivity index (χ1v) is 10.3. The van der Waals surface area contributed by atoms with Gasteiger partial charge in [0.2, 0.25) is 11.8 Å². The van der Waals surface area contributed by atoms with Crippen molar-refractivity contribution in [1.29, 1.82) is 0 Å². The van der Waals surface area contributed by atoms with Crippen molar-refractivity contribution in [1.82, 2.24) is 9.80 Å². The highest BCUT2D eigenvalue weighted by molar-refractivity contribution is 8.01. The lowest BCUT2D eigenvalue weighted by Gasteiger charge is -2.33. The Kier molecular flexibility index (Phi) is 5.72. The van der Waals surface area contributed by atoms with Crippen molar-refractivity contribution in [3.8, 4) is 0 Å². The normalized spacial score (nSPS) is 23.6. The zero-order valence-electron chi connectivity index (χ0n) is 15.4. The molecule has 4 nitrogen and oxygen atoms in total. The average molecular weight is 361 g/mol. The fourth-order valence-corrected chi connectivity index (χ4v) is 4.77. The molecule has 1 aromatic rings. The molecule has 2 aliphatic rings. The van der Waals surface area contributed by atoms with Crippen LogP contribution in [-0.4, -0.2) is 46.5 Å². The summed E-state index contributed by atoms with van der Waals surface area (Å²) in [5.74, 6) is 0.672. The summed E-state index contributed by atoms with van der Waals surface area (Å²) in [6, 6.07) is 8.42. The first kappa shape index (κ1) is 18.3. The molecule has 0 spiro atoms. The number of aryl methyl sites for hydroxylation is 1. The first-order chi connectivity index (χ1) is 12.0. The molecule has 0 unspecified atom stereocenters. The van der Waals surface area contributed by atoms with Crippen LogP contribution >= 0.6 is 11.8 Å². The lowest BCUT2D eigenvalue weighted by molar-refractivity contribution is -0.139. The Hall–Kier alpha value is -1.49. The topological polar surface area (TPSA) is 40.6 Å². The molecule has 25 heavy (non-hydrogen) atoms. The van der Waals surface area contributed by atoms with E-state index in [1.54, 1.807) is 11.8 Å². The molecule has 0 radical (unpaired) electrons. The summed E-state index contributed by atoms with van der Waals surface area (Å²) in [4.78, 5) is 29.0. The first-order valence-electron chi connectivity index (χ1n) is 9.32. The van der Waals surface area contributed by atoms with Gasteiger partial charge in [-0.25, -0.2) is 0 Å². The highest BCUT2D eigenvalue weighted by Gasteiger charge is 2.38. The Morgan fingerprint density at radius 2 is 1.96 bits per heavy atom. The van der Waals surface area contributed by atoms with Crippen molar-refractivity contribution >= 4 is 23.6 Å². The molecule has 2 atom stereocenters. The quantitative estimate of drug-likeness (QED) is 0.778. The minimum absolute atomic E-state index is 0.0243. The number of carbonyl (C=O) groups is 2. The van der Waals surface area contributed by atoms with Crippen LogP contribution in [0.2, 0.25) is 0 Å². The van der Waals surface area contributed by atoms with E-state index in [1.807, 2.05) is 23.6 Å². The number of carbonyl (C=O) groups excluding carboxylic acids is 2. The zero-order chi connectivity index (χ0) is 18.0. The Morgan fingerprint density at radius 3 is 2.52 bits per heavy atom. The van der Waals surface area contributed by atoms with Gasteiger partial charge in [-0.15, -0.1) is 11.8 Å². The summed E-state index contributed by atoms with van der Waals surface area (Å²) in [6.07, 6.45) is 3.22. The standard InChI is InChI=1S/C20H28N2O2S/c1-4-21(19(24)16-6-5-7-16)12-13-22-18(23)15(3)25-20(22)17-10-8-14(2)9-11-17/h8-11,15-16,20H,4-7,12-13H2,1-3H3/t15-,20-/m0/s1. The highest BCUT2D eigenvalue weighted by atomic mass is 32.2. The van der Waals surface area contributed by atoms with Crippen molar-refractivity contribution in [2.75, 3.05) is 19.6 Å². The second-order valence-electron chi connectivity index (χ2n) is 7.12. The number of amides is 2. The van der Waals surface area contributed by atoms with Gasteiger partial charge in [0.25, 0.3) is 0 Å². The number of hydrogen-bond acceptors (Lipinski definition) is 3. The summed E-state index contributed by atoms with van der Waals surface area (Å²) in [5.41, 5.74) is 2.39. The van der Waals surface area contributed by atoms with Crippen LogP contribution in [0.5, 0.6) is 0 Å². The molecule has 3 rings (SSSR count). The van der Waals surface area contributed by atoms with Crippen molar-refractivity contribution < 1.29 is 9.59 Å². The van der Waals surface area contributed by atoms with Crippen LogP contribution in [0, 0.1) is 12.8 Å². The molecule has 2 amide bonds. The smallest absolute Gasteiger partial charge is 0.236 e. The minimum atomic E-state index is -0.0243. The van der Waals surface area contributed by atoms with Crippen molar-refractivity contribution in [2.24, 2.45) is 5.92 Å². The molecule has 1 aliphatic carbocycles. The third-order valence-electron chi connectivity index (χ3n) is 5.37. The van der Waals surface area contributed by atoms with Gasteiger partial charge in [0.05, 0.1) is 5.25 Å². The van der Waals surface area contributed by atoms with Crippen LogP contribution in [0.25, 0.3) is 0 Å². The zero-order valence-corrected chi connectivity index (χ0v) is 16.2. The summed E-state index contributed by atoms with van der Waals surface area (Å²) >= 11 is 1.70. The van der Waals surface area contributed by atoms with Gasteiger partial charge in [-0.05, 0) is 39.2 Å². The molecule has 1 aliphatic heterocycles. The molecule has 1 saturated heterocycles. The highest BCUT2D eigenvalue weighted by Crippen LogP contribution is 2.42. The largest absolute Gasteiger partial charge is 0.341 e. The van der Waals surface area contributed by atoms with E-state index in [9.17, 15) is 9.59 Å². The SMILES string of the molecule is CCN(CCN1C(=O)[C@H](C)S[C@H]1c1ccc(C)cc1)C(=O)C1CCC1. The molecule has 0 aromatic heterocycles. The maximum absolute atomic E-state index is 12.6. The minimum Gasteiger partial charge on any atom is -0.341 e. The third kappa shape index (κ3) is 3.86. The van der Waals surface area contributed by atoms with Gasteiger partial charge in [-0.3, -0.25) is 9.59 Å². The second-order valence-corrected chi connectivity index (χ2v) is 8.54. The Labute approximate surface area is 154 Å². The molecule has 0 N–H and O–H groups in total. The lowest BCUT2D eigenvalue weighted by atomic mass is 9.84. The van der Waals surface area contributed by atoms with Crippen LogP contribution in [-0.2, 0) is 9.59 Å². The average Bonchev–Trinajstić information content (AvgIpc) is 2.83. The molecule has 2 fully saturated rings. The maximum Gasteiger partial charge on any atom is 0.236 e. The molecule has 5 heteroatoms. The maximum atomic E-state index is 12.6. The number of nitrogens with zero attached hydrogens (tertiary/aromatic N) is 2. The van der Waals surface area contributed by atoms with Crippen molar-refractivity contribution in [3.05, 3.63) is 35.4 Å². The Morgan fingerprint density at radius 1 is 1.28 bits per heavy atom. The van der Waals surface area contributed by atoms with Crippen LogP contribution in [0.1, 0.15) is 49.6 Å². The number of hydrogen-bond donors (Lipinski definition) is 0. The Balaban J connectivity index is 1.68. The van der Waals surface area contributed by atoms with Crippen LogP contribution in [0.4, 0.5) is 0 Å². The number of likely N-dealkylation sites (N-methyl/N-ethyl adjacent to an activating group) is 1. The van der Waals surface area contributed by atoms with Gasteiger partial charge in [0, 0.05) is 25.6 Å². The molecule has 1 saturated carbocycles. The summed E-state index contributed by atoms with van der Waals surface area (Å²) in [6.45, 7) is 8.04.